The van der Waals surface area contributed by atoms with Crippen molar-refractivity contribution in [3.05, 3.63) is 24.8 Å². The molecule has 1 rings (SSSR count). The molecule has 0 bridgehead atoms. The van der Waals surface area contributed by atoms with Gasteiger partial charge in [0.15, 0.2) is 5.11 Å². The number of carbonyl (C=O) groups is 2. The number of hydrogen-bond donors (Lipinski definition) is 4. The standard InChI is InChI=1S/C10H8I2N2O4S/c11-5-1-4(9(17)18)2-6(12)8(5)14-10(19)13-3-7(15)16/h1-2H,3H2,(H,15,16)(H,17,18)(H2,13,14,19). The van der Waals surface area contributed by atoms with Crippen molar-refractivity contribution >= 4 is 80.1 Å². The van der Waals surface area contributed by atoms with Crippen LogP contribution >= 0.6 is 57.4 Å². The zero-order valence-electron chi connectivity index (χ0n) is 9.24. The summed E-state index contributed by atoms with van der Waals surface area (Å²) in [6.07, 6.45) is 0. The Morgan fingerprint density at radius 3 is 2.16 bits per heavy atom. The summed E-state index contributed by atoms with van der Waals surface area (Å²) in [5.41, 5.74) is 0.831. The van der Waals surface area contributed by atoms with E-state index in [-0.39, 0.29) is 17.2 Å². The van der Waals surface area contributed by atoms with E-state index in [1.807, 2.05) is 45.2 Å². The van der Waals surface area contributed by atoms with E-state index in [9.17, 15) is 9.59 Å². The highest BCUT2D eigenvalue weighted by Gasteiger charge is 2.12. The molecule has 0 saturated carbocycles. The highest BCUT2D eigenvalue weighted by Crippen LogP contribution is 2.26. The number of aromatic carboxylic acids is 1. The molecule has 0 aliphatic rings. The van der Waals surface area contributed by atoms with Gasteiger partial charge in [0.05, 0.1) is 11.3 Å². The maximum absolute atomic E-state index is 10.9. The monoisotopic (exact) mass is 506 g/mol. The van der Waals surface area contributed by atoms with E-state index in [2.05, 4.69) is 10.6 Å². The van der Waals surface area contributed by atoms with E-state index in [0.717, 1.165) is 0 Å². The average Bonchev–Trinajstić information content (AvgIpc) is 2.30. The fourth-order valence-corrected chi connectivity index (χ4v) is 3.34. The number of anilines is 1. The summed E-state index contributed by atoms with van der Waals surface area (Å²) in [6, 6.07) is 3.01. The summed E-state index contributed by atoms with van der Waals surface area (Å²) < 4.78 is 1.36. The molecule has 0 aliphatic carbocycles. The second-order valence-electron chi connectivity index (χ2n) is 3.32. The first-order valence-corrected chi connectivity index (χ1v) is 7.37. The number of carboxylic acids is 2. The van der Waals surface area contributed by atoms with Gasteiger partial charge >= 0.3 is 11.9 Å². The van der Waals surface area contributed by atoms with Gasteiger partial charge in [0.1, 0.15) is 6.54 Å². The zero-order chi connectivity index (χ0) is 14.6. The molecular weight excluding hydrogens is 498 g/mol. The Bertz CT molecular complexity index is 527. The quantitative estimate of drug-likeness (QED) is 0.367. The summed E-state index contributed by atoms with van der Waals surface area (Å²) in [7, 11) is 0. The van der Waals surface area contributed by atoms with Crippen molar-refractivity contribution in [2.24, 2.45) is 0 Å². The fraction of sp³-hybridized carbons (Fsp3) is 0.100. The highest BCUT2D eigenvalue weighted by molar-refractivity contribution is 14.1. The molecule has 1 aromatic carbocycles. The predicted octanol–water partition coefficient (Wildman–Crippen LogP) is 1.97. The van der Waals surface area contributed by atoms with Gasteiger partial charge < -0.3 is 20.8 Å². The molecule has 0 atom stereocenters. The maximum Gasteiger partial charge on any atom is 0.335 e. The van der Waals surface area contributed by atoms with Crippen LogP contribution in [0.1, 0.15) is 10.4 Å². The summed E-state index contributed by atoms with van der Waals surface area (Å²) in [5.74, 6) is -2.02. The molecule has 6 nitrogen and oxygen atoms in total. The molecule has 0 saturated heterocycles. The first-order valence-electron chi connectivity index (χ1n) is 4.80. The van der Waals surface area contributed by atoms with Gasteiger partial charge in [-0.15, -0.1) is 0 Å². The minimum atomic E-state index is -1.02. The van der Waals surface area contributed by atoms with Gasteiger partial charge in [-0.2, -0.15) is 0 Å². The van der Waals surface area contributed by atoms with Crippen molar-refractivity contribution < 1.29 is 19.8 Å². The summed E-state index contributed by atoms with van der Waals surface area (Å²) in [5, 5.41) is 23.0. The largest absolute Gasteiger partial charge is 0.480 e. The van der Waals surface area contributed by atoms with Crippen molar-refractivity contribution in [3.63, 3.8) is 0 Å². The Hall–Kier alpha value is -0.690. The average molecular weight is 506 g/mol. The number of aliphatic carboxylic acids is 1. The molecule has 4 N–H and O–H groups in total. The SMILES string of the molecule is O=C(O)CNC(=S)Nc1c(I)cc(C(=O)O)cc1I. The predicted molar refractivity (Wildman–Crippen MR) is 90.7 cm³/mol. The Morgan fingerprint density at radius 2 is 1.74 bits per heavy atom. The molecule has 0 amide bonds. The van der Waals surface area contributed by atoms with Gasteiger partial charge in [-0.25, -0.2) is 4.79 Å². The molecular formula is C10H8I2N2O4S. The van der Waals surface area contributed by atoms with Gasteiger partial charge in [-0.05, 0) is 69.5 Å². The molecule has 0 aliphatic heterocycles. The molecule has 0 radical (unpaired) electrons. The number of hydrogen-bond acceptors (Lipinski definition) is 3. The van der Waals surface area contributed by atoms with Gasteiger partial charge in [0.2, 0.25) is 0 Å². The summed E-state index contributed by atoms with van der Waals surface area (Å²) in [6.45, 7) is -0.286. The normalized spacial score (nSPS) is 9.79. The molecule has 9 heteroatoms. The maximum atomic E-state index is 10.9. The third-order valence-corrected chi connectivity index (χ3v) is 3.88. The molecule has 102 valence electrons. The molecule has 19 heavy (non-hydrogen) atoms. The Kier molecular flexibility index (Phi) is 6.19. The molecule has 0 aromatic heterocycles. The van der Waals surface area contributed by atoms with E-state index < -0.39 is 11.9 Å². The van der Waals surface area contributed by atoms with E-state index in [0.29, 0.717) is 12.8 Å². The topological polar surface area (TPSA) is 98.7 Å². The van der Waals surface area contributed by atoms with Crippen molar-refractivity contribution in [1.82, 2.24) is 5.32 Å². The second-order valence-corrected chi connectivity index (χ2v) is 6.05. The van der Waals surface area contributed by atoms with Gasteiger partial charge in [-0.1, -0.05) is 0 Å². The van der Waals surface area contributed by atoms with Crippen molar-refractivity contribution in [2.75, 3.05) is 11.9 Å². The van der Waals surface area contributed by atoms with Gasteiger partial charge in [0.25, 0.3) is 0 Å². The van der Waals surface area contributed by atoms with Crippen LogP contribution in [0.2, 0.25) is 0 Å². The van der Waals surface area contributed by atoms with Crippen LogP contribution < -0.4 is 10.6 Å². The number of benzene rings is 1. The van der Waals surface area contributed by atoms with Gasteiger partial charge in [0, 0.05) is 7.14 Å². The molecule has 0 fully saturated rings. The lowest BCUT2D eigenvalue weighted by atomic mass is 10.2. The molecule has 0 heterocycles. The molecule has 0 spiro atoms. The Balaban J connectivity index is 2.87. The summed E-state index contributed by atoms with van der Waals surface area (Å²) in [4.78, 5) is 21.3. The third kappa shape index (κ3) is 5.06. The third-order valence-electron chi connectivity index (χ3n) is 1.93. The van der Waals surface area contributed by atoms with Crippen LogP contribution in [-0.2, 0) is 4.79 Å². The lowest BCUT2D eigenvalue weighted by molar-refractivity contribution is -0.135. The minimum absolute atomic E-state index is 0.168. The van der Waals surface area contributed by atoms with Gasteiger partial charge in [-0.3, -0.25) is 4.79 Å². The zero-order valence-corrected chi connectivity index (χ0v) is 14.4. The van der Waals surface area contributed by atoms with Crippen molar-refractivity contribution in [2.45, 2.75) is 0 Å². The summed E-state index contributed by atoms with van der Waals surface area (Å²) >= 11 is 8.92. The van der Waals surface area contributed by atoms with Crippen LogP contribution in [0.4, 0.5) is 5.69 Å². The van der Waals surface area contributed by atoms with Crippen LogP contribution in [0.3, 0.4) is 0 Å². The first kappa shape index (κ1) is 16.4. The van der Waals surface area contributed by atoms with E-state index in [4.69, 9.17) is 22.4 Å². The smallest absolute Gasteiger partial charge is 0.335 e. The lowest BCUT2D eigenvalue weighted by Gasteiger charge is -2.13. The van der Waals surface area contributed by atoms with Crippen LogP contribution in [0.25, 0.3) is 0 Å². The molecule has 0 unspecified atom stereocenters. The lowest BCUT2D eigenvalue weighted by Crippen LogP contribution is -2.33. The number of thiocarbonyl (C=S) groups is 1. The number of nitrogens with one attached hydrogen (secondary N) is 2. The van der Waals surface area contributed by atoms with E-state index in [1.165, 1.54) is 12.1 Å². The highest BCUT2D eigenvalue weighted by atomic mass is 127. The number of halogens is 2. The second kappa shape index (κ2) is 7.19. The van der Waals surface area contributed by atoms with Crippen LogP contribution in [0.15, 0.2) is 12.1 Å². The van der Waals surface area contributed by atoms with Crippen LogP contribution in [0.5, 0.6) is 0 Å². The van der Waals surface area contributed by atoms with Crippen LogP contribution in [0, 0.1) is 7.14 Å². The molecule has 1 aromatic rings. The first-order chi connectivity index (χ1) is 8.81. The van der Waals surface area contributed by atoms with E-state index in [1.54, 1.807) is 0 Å². The van der Waals surface area contributed by atoms with Crippen molar-refractivity contribution in [3.8, 4) is 0 Å². The Morgan fingerprint density at radius 1 is 1.21 bits per heavy atom. The van der Waals surface area contributed by atoms with Crippen LogP contribution in [-0.4, -0.2) is 33.8 Å². The van der Waals surface area contributed by atoms with E-state index >= 15 is 0 Å². The number of carboxylic acid groups (broad SMARTS) is 2. The Labute approximate surface area is 141 Å². The number of rotatable bonds is 4. The fourth-order valence-electron chi connectivity index (χ4n) is 1.13. The minimum Gasteiger partial charge on any atom is -0.480 e. The van der Waals surface area contributed by atoms with Crippen molar-refractivity contribution in [1.29, 1.82) is 0 Å².